The lowest BCUT2D eigenvalue weighted by Gasteiger charge is -2.10. The molecular formula is C13H20N2OS. The fourth-order valence-electron chi connectivity index (χ4n) is 1.39. The summed E-state index contributed by atoms with van der Waals surface area (Å²) in [7, 11) is 1.64. The van der Waals surface area contributed by atoms with Gasteiger partial charge in [0.2, 0.25) is 0 Å². The van der Waals surface area contributed by atoms with E-state index < -0.39 is 0 Å². The number of hydrogen-bond acceptors (Lipinski definition) is 3. The zero-order chi connectivity index (χ0) is 12.8. The zero-order valence-corrected chi connectivity index (χ0v) is 11.4. The Morgan fingerprint density at radius 3 is 2.76 bits per heavy atom. The minimum Gasteiger partial charge on any atom is -0.399 e. The van der Waals surface area contributed by atoms with Gasteiger partial charge < -0.3 is 11.1 Å². The first-order valence-electron chi connectivity index (χ1n) is 5.79. The molecule has 0 heterocycles. The molecule has 4 heteroatoms. The van der Waals surface area contributed by atoms with Crippen molar-refractivity contribution < 1.29 is 4.79 Å². The highest BCUT2D eigenvalue weighted by atomic mass is 32.2. The number of carbonyl (C=O) groups excluding carboxylic acids is 1. The van der Waals surface area contributed by atoms with Crippen molar-refractivity contribution in [1.29, 1.82) is 0 Å². The highest BCUT2D eigenvalue weighted by Crippen LogP contribution is 2.26. The van der Waals surface area contributed by atoms with Crippen molar-refractivity contribution in [3.63, 3.8) is 0 Å². The van der Waals surface area contributed by atoms with Crippen molar-refractivity contribution in [2.24, 2.45) is 5.92 Å². The molecule has 0 saturated carbocycles. The molecule has 0 aliphatic carbocycles. The van der Waals surface area contributed by atoms with Crippen LogP contribution in [-0.2, 0) is 0 Å². The van der Waals surface area contributed by atoms with Gasteiger partial charge in [-0.2, -0.15) is 0 Å². The molecule has 0 aromatic heterocycles. The van der Waals surface area contributed by atoms with Gasteiger partial charge in [-0.15, -0.1) is 11.8 Å². The second kappa shape index (κ2) is 6.55. The number of nitrogens with one attached hydrogen (secondary N) is 1. The molecule has 0 unspecified atom stereocenters. The van der Waals surface area contributed by atoms with E-state index in [2.05, 4.69) is 19.2 Å². The van der Waals surface area contributed by atoms with E-state index in [4.69, 9.17) is 5.73 Å². The quantitative estimate of drug-likeness (QED) is 0.626. The predicted octanol–water partition coefficient (Wildman–Crippen LogP) is 2.77. The first kappa shape index (κ1) is 13.9. The maximum Gasteiger partial charge on any atom is 0.252 e. The molecule has 1 aromatic rings. The van der Waals surface area contributed by atoms with E-state index in [9.17, 15) is 4.79 Å². The van der Waals surface area contributed by atoms with Gasteiger partial charge in [0.05, 0.1) is 5.56 Å². The number of hydrogen-bond donors (Lipinski definition) is 2. The summed E-state index contributed by atoms with van der Waals surface area (Å²) in [5.41, 5.74) is 7.16. The number of rotatable bonds is 5. The van der Waals surface area contributed by atoms with Crippen LogP contribution in [0.3, 0.4) is 0 Å². The van der Waals surface area contributed by atoms with E-state index in [1.807, 2.05) is 6.07 Å². The molecule has 0 fully saturated rings. The first-order valence-corrected chi connectivity index (χ1v) is 6.77. The van der Waals surface area contributed by atoms with Crippen molar-refractivity contribution in [1.82, 2.24) is 5.32 Å². The Morgan fingerprint density at radius 1 is 1.47 bits per heavy atom. The molecule has 94 valence electrons. The molecule has 1 aromatic carbocycles. The highest BCUT2D eigenvalue weighted by molar-refractivity contribution is 7.99. The molecule has 0 bridgehead atoms. The van der Waals surface area contributed by atoms with Crippen LogP contribution in [0.15, 0.2) is 23.1 Å². The topological polar surface area (TPSA) is 55.1 Å². The molecule has 0 aliphatic heterocycles. The second-order valence-corrected chi connectivity index (χ2v) is 5.50. The number of amides is 1. The molecule has 3 N–H and O–H groups in total. The average Bonchev–Trinajstić information content (AvgIpc) is 2.28. The minimum absolute atomic E-state index is 0.0583. The largest absolute Gasteiger partial charge is 0.399 e. The van der Waals surface area contributed by atoms with Gasteiger partial charge in [-0.05, 0) is 36.3 Å². The molecule has 17 heavy (non-hydrogen) atoms. The molecule has 3 nitrogen and oxygen atoms in total. The normalized spacial score (nSPS) is 10.6. The van der Waals surface area contributed by atoms with Crippen molar-refractivity contribution in [3.05, 3.63) is 23.8 Å². The van der Waals surface area contributed by atoms with Gasteiger partial charge in [-0.3, -0.25) is 4.79 Å². The summed E-state index contributed by atoms with van der Waals surface area (Å²) >= 11 is 1.69. The summed E-state index contributed by atoms with van der Waals surface area (Å²) < 4.78 is 0. The van der Waals surface area contributed by atoms with E-state index in [1.54, 1.807) is 30.9 Å². The van der Waals surface area contributed by atoms with Crippen LogP contribution in [0.25, 0.3) is 0 Å². The van der Waals surface area contributed by atoms with Crippen molar-refractivity contribution in [2.45, 2.75) is 25.2 Å². The molecule has 0 radical (unpaired) electrons. The number of anilines is 1. The standard InChI is InChI=1S/C13H20N2OS/c1-9(2)6-7-17-12-8-10(14)4-5-11(12)13(16)15-3/h4-5,8-9H,6-7,14H2,1-3H3,(H,15,16). The summed E-state index contributed by atoms with van der Waals surface area (Å²) in [6, 6.07) is 5.42. The molecule has 0 spiro atoms. The van der Waals surface area contributed by atoms with E-state index in [-0.39, 0.29) is 5.91 Å². The highest BCUT2D eigenvalue weighted by Gasteiger charge is 2.10. The molecule has 1 rings (SSSR count). The van der Waals surface area contributed by atoms with Gasteiger partial charge in [-0.1, -0.05) is 13.8 Å². The lowest BCUT2D eigenvalue weighted by atomic mass is 10.2. The van der Waals surface area contributed by atoms with E-state index >= 15 is 0 Å². The number of nitrogens with two attached hydrogens (primary N) is 1. The van der Waals surface area contributed by atoms with Crippen molar-refractivity contribution in [3.8, 4) is 0 Å². The van der Waals surface area contributed by atoms with Crippen LogP contribution in [0.1, 0.15) is 30.6 Å². The van der Waals surface area contributed by atoms with Crippen LogP contribution >= 0.6 is 11.8 Å². The number of benzene rings is 1. The summed E-state index contributed by atoms with van der Waals surface area (Å²) in [4.78, 5) is 12.6. The molecule has 0 saturated heterocycles. The Bertz CT molecular complexity index is 391. The molecule has 0 aliphatic rings. The first-order chi connectivity index (χ1) is 8.04. The van der Waals surface area contributed by atoms with E-state index in [0.29, 0.717) is 17.2 Å². The second-order valence-electron chi connectivity index (χ2n) is 4.37. The third kappa shape index (κ3) is 4.30. The maximum atomic E-state index is 11.7. The third-order valence-corrected chi connectivity index (χ3v) is 3.52. The number of nitrogen functional groups attached to an aromatic ring is 1. The number of thioether (sulfide) groups is 1. The van der Waals surface area contributed by atoms with Gasteiger partial charge in [0.25, 0.3) is 5.91 Å². The maximum absolute atomic E-state index is 11.7. The SMILES string of the molecule is CNC(=O)c1ccc(N)cc1SCCC(C)C. The Balaban J connectivity index is 2.80. The number of carbonyl (C=O) groups is 1. The van der Waals surface area contributed by atoms with Gasteiger partial charge in [0.1, 0.15) is 0 Å². The Labute approximate surface area is 107 Å². The van der Waals surface area contributed by atoms with Crippen molar-refractivity contribution in [2.75, 3.05) is 18.5 Å². The van der Waals surface area contributed by atoms with Gasteiger partial charge >= 0.3 is 0 Å². The molecule has 1 amide bonds. The Morgan fingerprint density at radius 2 is 2.18 bits per heavy atom. The molecular weight excluding hydrogens is 232 g/mol. The average molecular weight is 252 g/mol. The summed E-state index contributed by atoms with van der Waals surface area (Å²) in [5, 5.41) is 2.65. The molecule has 0 atom stereocenters. The Hall–Kier alpha value is -1.16. The summed E-state index contributed by atoms with van der Waals surface area (Å²) in [6.45, 7) is 4.39. The van der Waals surface area contributed by atoms with Gasteiger partial charge in [0.15, 0.2) is 0 Å². The zero-order valence-electron chi connectivity index (χ0n) is 10.6. The van der Waals surface area contributed by atoms with Gasteiger partial charge in [-0.25, -0.2) is 0 Å². The Kier molecular flexibility index (Phi) is 5.35. The van der Waals surface area contributed by atoms with E-state index in [1.165, 1.54) is 0 Å². The van der Waals surface area contributed by atoms with Crippen LogP contribution in [-0.4, -0.2) is 18.7 Å². The van der Waals surface area contributed by atoms with Crippen LogP contribution < -0.4 is 11.1 Å². The fraction of sp³-hybridized carbons (Fsp3) is 0.462. The fourth-order valence-corrected chi connectivity index (χ4v) is 2.73. The lowest BCUT2D eigenvalue weighted by Crippen LogP contribution is -2.18. The third-order valence-electron chi connectivity index (χ3n) is 2.43. The summed E-state index contributed by atoms with van der Waals surface area (Å²) in [5.74, 6) is 1.62. The van der Waals surface area contributed by atoms with Crippen molar-refractivity contribution >= 4 is 23.4 Å². The monoisotopic (exact) mass is 252 g/mol. The lowest BCUT2D eigenvalue weighted by molar-refractivity contribution is 0.0960. The van der Waals surface area contributed by atoms with Crippen LogP contribution in [0.5, 0.6) is 0 Å². The minimum atomic E-state index is -0.0583. The van der Waals surface area contributed by atoms with E-state index in [0.717, 1.165) is 17.1 Å². The predicted molar refractivity (Wildman–Crippen MR) is 74.4 cm³/mol. The van der Waals surface area contributed by atoms with Crippen LogP contribution in [0, 0.1) is 5.92 Å². The van der Waals surface area contributed by atoms with Crippen LogP contribution in [0.4, 0.5) is 5.69 Å². The van der Waals surface area contributed by atoms with Gasteiger partial charge in [0, 0.05) is 17.6 Å². The van der Waals surface area contributed by atoms with Crippen LogP contribution in [0.2, 0.25) is 0 Å². The smallest absolute Gasteiger partial charge is 0.252 e. The summed E-state index contributed by atoms with van der Waals surface area (Å²) in [6.07, 6.45) is 1.13.